The topological polar surface area (TPSA) is 17.1 Å². The van der Waals surface area contributed by atoms with Gasteiger partial charge in [0.15, 0.2) is 0 Å². The summed E-state index contributed by atoms with van der Waals surface area (Å²) in [6.07, 6.45) is 8.39. The lowest BCUT2D eigenvalue weighted by Gasteiger charge is -2.28. The van der Waals surface area contributed by atoms with E-state index in [9.17, 15) is 4.79 Å². The molecule has 0 atom stereocenters. The highest BCUT2D eigenvalue weighted by molar-refractivity contribution is 5.50. The second-order valence-corrected chi connectivity index (χ2v) is 4.82. The number of rotatable bonds is 4. The fourth-order valence-corrected chi connectivity index (χ4v) is 2.02. The molecule has 0 aromatic carbocycles. The molecule has 0 saturated carbocycles. The van der Waals surface area contributed by atoms with Crippen LogP contribution in [0.3, 0.4) is 0 Å². The molecule has 0 bridgehead atoms. The SMILES string of the molecule is C=C(CCC=O)C1=CC(C)(C)CCC1. The normalized spacial score (nSPS) is 20.0. The van der Waals surface area contributed by atoms with Crippen LogP contribution in [0, 0.1) is 5.41 Å². The lowest BCUT2D eigenvalue weighted by Crippen LogP contribution is -2.13. The highest BCUT2D eigenvalue weighted by Crippen LogP contribution is 2.36. The van der Waals surface area contributed by atoms with Gasteiger partial charge >= 0.3 is 0 Å². The van der Waals surface area contributed by atoms with Gasteiger partial charge in [0, 0.05) is 6.42 Å². The van der Waals surface area contributed by atoms with Crippen molar-refractivity contribution in [2.45, 2.75) is 46.0 Å². The van der Waals surface area contributed by atoms with Gasteiger partial charge in [-0.3, -0.25) is 0 Å². The summed E-state index contributed by atoms with van der Waals surface area (Å²) in [5.74, 6) is 0. The molecule has 1 heteroatoms. The van der Waals surface area contributed by atoms with Gasteiger partial charge in [0.2, 0.25) is 0 Å². The van der Waals surface area contributed by atoms with E-state index in [0.717, 1.165) is 24.7 Å². The predicted molar refractivity (Wildman–Crippen MR) is 60.2 cm³/mol. The molecular weight excluding hydrogens is 172 g/mol. The Hall–Kier alpha value is -0.850. The van der Waals surface area contributed by atoms with Crippen molar-refractivity contribution in [1.29, 1.82) is 0 Å². The summed E-state index contributed by atoms with van der Waals surface area (Å²) in [5.41, 5.74) is 2.85. The first-order valence-electron chi connectivity index (χ1n) is 5.39. The summed E-state index contributed by atoms with van der Waals surface area (Å²) in [6, 6.07) is 0. The van der Waals surface area contributed by atoms with Crippen molar-refractivity contribution in [2.24, 2.45) is 5.41 Å². The van der Waals surface area contributed by atoms with Crippen LogP contribution < -0.4 is 0 Å². The molecule has 14 heavy (non-hydrogen) atoms. The Balaban J connectivity index is 2.63. The second kappa shape index (κ2) is 4.59. The predicted octanol–water partition coefficient (Wildman–Crippen LogP) is 3.66. The minimum Gasteiger partial charge on any atom is -0.303 e. The highest BCUT2D eigenvalue weighted by atomic mass is 16.1. The van der Waals surface area contributed by atoms with Crippen LogP contribution in [0.15, 0.2) is 23.8 Å². The molecule has 1 aliphatic carbocycles. The summed E-state index contributed by atoms with van der Waals surface area (Å²) in [6.45, 7) is 8.58. The molecule has 0 N–H and O–H groups in total. The molecular formula is C13H20O. The molecule has 0 aromatic heterocycles. The van der Waals surface area contributed by atoms with Gasteiger partial charge in [-0.2, -0.15) is 0 Å². The van der Waals surface area contributed by atoms with Crippen LogP contribution in [-0.4, -0.2) is 6.29 Å². The number of carbonyl (C=O) groups excluding carboxylic acids is 1. The van der Waals surface area contributed by atoms with Crippen molar-refractivity contribution in [3.8, 4) is 0 Å². The molecule has 0 aliphatic heterocycles. The van der Waals surface area contributed by atoms with Crippen molar-refractivity contribution < 1.29 is 4.79 Å². The molecule has 0 radical (unpaired) electrons. The van der Waals surface area contributed by atoms with Crippen LogP contribution in [0.4, 0.5) is 0 Å². The van der Waals surface area contributed by atoms with Crippen LogP contribution >= 0.6 is 0 Å². The van der Waals surface area contributed by atoms with Crippen LogP contribution in [0.25, 0.3) is 0 Å². The van der Waals surface area contributed by atoms with Gasteiger partial charge in [0.1, 0.15) is 6.29 Å². The first kappa shape index (κ1) is 11.2. The van der Waals surface area contributed by atoms with Crippen LogP contribution in [0.1, 0.15) is 46.0 Å². The molecule has 0 aromatic rings. The Bertz CT molecular complexity index is 258. The van der Waals surface area contributed by atoms with E-state index in [4.69, 9.17) is 0 Å². The standard InChI is InChI=1S/C13H20O/c1-11(6-5-9-14)12-7-4-8-13(2,3)10-12/h9-10H,1,4-8H2,2-3H3. The summed E-state index contributed by atoms with van der Waals surface area (Å²) in [4.78, 5) is 10.3. The number of hydrogen-bond donors (Lipinski definition) is 0. The van der Waals surface area contributed by atoms with Crippen molar-refractivity contribution in [2.75, 3.05) is 0 Å². The van der Waals surface area contributed by atoms with Crippen LogP contribution in [0.5, 0.6) is 0 Å². The van der Waals surface area contributed by atoms with E-state index < -0.39 is 0 Å². The van der Waals surface area contributed by atoms with Crippen molar-refractivity contribution in [3.63, 3.8) is 0 Å². The maximum absolute atomic E-state index is 10.3. The van der Waals surface area contributed by atoms with Crippen LogP contribution in [0.2, 0.25) is 0 Å². The number of hydrogen-bond acceptors (Lipinski definition) is 1. The smallest absolute Gasteiger partial charge is 0.120 e. The lowest BCUT2D eigenvalue weighted by molar-refractivity contribution is -0.107. The maximum atomic E-state index is 10.3. The van der Waals surface area contributed by atoms with E-state index in [1.165, 1.54) is 18.4 Å². The Labute approximate surface area is 86.9 Å². The van der Waals surface area contributed by atoms with Crippen molar-refractivity contribution in [1.82, 2.24) is 0 Å². The molecule has 0 fully saturated rings. The van der Waals surface area contributed by atoms with E-state index in [2.05, 4.69) is 26.5 Å². The molecule has 0 unspecified atom stereocenters. The number of aldehydes is 1. The van der Waals surface area contributed by atoms with Gasteiger partial charge in [0.25, 0.3) is 0 Å². The van der Waals surface area contributed by atoms with Crippen molar-refractivity contribution >= 4 is 6.29 Å². The Morgan fingerprint density at radius 3 is 2.93 bits per heavy atom. The van der Waals surface area contributed by atoms with Crippen molar-refractivity contribution in [3.05, 3.63) is 23.8 Å². The minimum absolute atomic E-state index is 0.317. The Kier molecular flexibility index (Phi) is 3.68. The molecule has 0 heterocycles. The second-order valence-electron chi connectivity index (χ2n) is 4.82. The van der Waals surface area contributed by atoms with Gasteiger partial charge in [-0.1, -0.05) is 32.1 Å². The number of allylic oxidation sites excluding steroid dienone is 3. The summed E-state index contributed by atoms with van der Waals surface area (Å²) in [7, 11) is 0. The van der Waals surface area contributed by atoms with Gasteiger partial charge < -0.3 is 4.79 Å². The van der Waals surface area contributed by atoms with E-state index in [-0.39, 0.29) is 0 Å². The lowest BCUT2D eigenvalue weighted by atomic mass is 9.77. The molecule has 0 amide bonds. The van der Waals surface area contributed by atoms with Gasteiger partial charge in [0.05, 0.1) is 0 Å². The Morgan fingerprint density at radius 2 is 2.36 bits per heavy atom. The van der Waals surface area contributed by atoms with E-state index >= 15 is 0 Å². The minimum atomic E-state index is 0.317. The average Bonchev–Trinajstić information content (AvgIpc) is 2.12. The molecule has 0 spiro atoms. The highest BCUT2D eigenvalue weighted by Gasteiger charge is 2.20. The van der Waals surface area contributed by atoms with Gasteiger partial charge in [-0.25, -0.2) is 0 Å². The zero-order valence-electron chi connectivity index (χ0n) is 9.31. The first-order chi connectivity index (χ1) is 6.55. The third kappa shape index (κ3) is 3.13. The zero-order chi connectivity index (χ0) is 10.6. The van der Waals surface area contributed by atoms with Gasteiger partial charge in [-0.15, -0.1) is 0 Å². The largest absolute Gasteiger partial charge is 0.303 e. The fourth-order valence-electron chi connectivity index (χ4n) is 2.02. The molecule has 1 aliphatic rings. The summed E-state index contributed by atoms with van der Waals surface area (Å²) >= 11 is 0. The first-order valence-corrected chi connectivity index (χ1v) is 5.39. The third-order valence-corrected chi connectivity index (χ3v) is 2.85. The quantitative estimate of drug-likeness (QED) is 0.621. The Morgan fingerprint density at radius 1 is 1.64 bits per heavy atom. The van der Waals surface area contributed by atoms with E-state index in [1.54, 1.807) is 0 Å². The zero-order valence-corrected chi connectivity index (χ0v) is 9.31. The molecule has 1 rings (SSSR count). The molecule has 1 nitrogen and oxygen atoms in total. The summed E-state index contributed by atoms with van der Waals surface area (Å²) in [5, 5.41) is 0. The average molecular weight is 192 g/mol. The van der Waals surface area contributed by atoms with E-state index in [0.29, 0.717) is 11.8 Å². The van der Waals surface area contributed by atoms with Gasteiger partial charge in [-0.05, 0) is 36.7 Å². The molecule has 0 saturated heterocycles. The summed E-state index contributed by atoms with van der Waals surface area (Å²) < 4.78 is 0. The fraction of sp³-hybridized carbons (Fsp3) is 0.615. The maximum Gasteiger partial charge on any atom is 0.120 e. The van der Waals surface area contributed by atoms with Crippen LogP contribution in [-0.2, 0) is 4.79 Å². The molecule has 78 valence electrons. The van der Waals surface area contributed by atoms with E-state index in [1.807, 2.05) is 0 Å². The third-order valence-electron chi connectivity index (χ3n) is 2.85. The number of carbonyl (C=O) groups is 1. The monoisotopic (exact) mass is 192 g/mol.